The lowest BCUT2D eigenvalue weighted by Crippen LogP contribution is -2.49. The quantitative estimate of drug-likeness (QED) is 0.881. The van der Waals surface area contributed by atoms with Crippen molar-refractivity contribution in [2.45, 2.75) is 52.6 Å². The lowest BCUT2D eigenvalue weighted by atomic mass is 9.68. The second kappa shape index (κ2) is 4.06. The molecule has 0 amide bonds. The van der Waals surface area contributed by atoms with Crippen molar-refractivity contribution in [1.29, 1.82) is 0 Å². The number of fused-ring (bicyclic) bond motifs is 2. The van der Waals surface area contributed by atoms with E-state index in [9.17, 15) is 0 Å². The molecule has 2 aliphatic carbocycles. The molecule has 2 fully saturated rings. The smallest absolute Gasteiger partial charge is 0.0312 e. The summed E-state index contributed by atoms with van der Waals surface area (Å²) >= 11 is 0. The fourth-order valence-electron chi connectivity index (χ4n) is 4.53. The van der Waals surface area contributed by atoms with E-state index < -0.39 is 0 Å². The van der Waals surface area contributed by atoms with Crippen LogP contribution in [0.1, 0.15) is 45.6 Å². The molecule has 2 aliphatic rings. The fraction of sp³-hybridized carbons (Fsp3) is 0.688. The van der Waals surface area contributed by atoms with Crippen molar-refractivity contribution >= 4 is 0 Å². The second-order valence-corrected chi connectivity index (χ2v) is 7.09. The van der Waals surface area contributed by atoms with Crippen molar-refractivity contribution in [3.05, 3.63) is 30.1 Å². The van der Waals surface area contributed by atoms with E-state index in [4.69, 9.17) is 0 Å². The van der Waals surface area contributed by atoms with Crippen LogP contribution in [0.2, 0.25) is 0 Å². The maximum atomic E-state index is 4.19. The van der Waals surface area contributed by atoms with Crippen LogP contribution < -0.4 is 5.32 Å². The minimum absolute atomic E-state index is 0.440. The predicted octanol–water partition coefficient (Wildman–Crippen LogP) is 3.39. The maximum Gasteiger partial charge on any atom is 0.0312 e. The van der Waals surface area contributed by atoms with Crippen LogP contribution in [-0.2, 0) is 6.54 Å². The van der Waals surface area contributed by atoms with E-state index in [0.29, 0.717) is 16.9 Å². The van der Waals surface area contributed by atoms with Gasteiger partial charge in [-0.1, -0.05) is 26.8 Å². The molecule has 1 aromatic rings. The molecule has 0 spiro atoms. The Morgan fingerprint density at radius 2 is 2.22 bits per heavy atom. The minimum Gasteiger partial charge on any atom is -0.309 e. The average Bonchev–Trinajstić information content (AvgIpc) is 2.81. The summed E-state index contributed by atoms with van der Waals surface area (Å²) in [6, 6.07) is 4.82. The summed E-state index contributed by atoms with van der Waals surface area (Å²) in [6.07, 6.45) is 8.03. The molecule has 1 heterocycles. The van der Waals surface area contributed by atoms with Gasteiger partial charge in [-0.15, -0.1) is 0 Å². The van der Waals surface area contributed by atoms with Gasteiger partial charge in [-0.05, 0) is 47.6 Å². The summed E-state index contributed by atoms with van der Waals surface area (Å²) in [7, 11) is 0. The highest BCUT2D eigenvalue weighted by Gasteiger charge is 2.58. The fourth-order valence-corrected chi connectivity index (χ4v) is 4.53. The van der Waals surface area contributed by atoms with Crippen LogP contribution in [-0.4, -0.2) is 11.0 Å². The molecule has 18 heavy (non-hydrogen) atoms. The van der Waals surface area contributed by atoms with Crippen molar-refractivity contribution in [3.8, 4) is 0 Å². The summed E-state index contributed by atoms with van der Waals surface area (Å²) in [6.45, 7) is 8.32. The number of pyridine rings is 1. The van der Waals surface area contributed by atoms with Crippen LogP contribution in [0, 0.1) is 16.7 Å². The van der Waals surface area contributed by atoms with E-state index in [1.54, 1.807) is 0 Å². The van der Waals surface area contributed by atoms with Gasteiger partial charge < -0.3 is 5.32 Å². The topological polar surface area (TPSA) is 24.9 Å². The molecule has 3 unspecified atom stereocenters. The number of hydrogen-bond donors (Lipinski definition) is 1. The van der Waals surface area contributed by atoms with Gasteiger partial charge in [0.2, 0.25) is 0 Å². The van der Waals surface area contributed by atoms with E-state index in [2.05, 4.69) is 37.1 Å². The largest absolute Gasteiger partial charge is 0.309 e. The van der Waals surface area contributed by atoms with E-state index in [-0.39, 0.29) is 0 Å². The Morgan fingerprint density at radius 3 is 2.83 bits per heavy atom. The van der Waals surface area contributed by atoms with Crippen molar-refractivity contribution in [1.82, 2.24) is 10.3 Å². The second-order valence-electron chi connectivity index (χ2n) is 7.09. The Kier molecular flexibility index (Phi) is 2.74. The first-order valence-electron chi connectivity index (χ1n) is 7.15. The third-order valence-electron chi connectivity index (χ3n) is 5.50. The van der Waals surface area contributed by atoms with Crippen LogP contribution in [0.5, 0.6) is 0 Å². The van der Waals surface area contributed by atoms with Crippen LogP contribution in [0.15, 0.2) is 24.5 Å². The summed E-state index contributed by atoms with van der Waals surface area (Å²) in [5.41, 5.74) is 2.24. The van der Waals surface area contributed by atoms with Gasteiger partial charge in [0, 0.05) is 25.0 Å². The summed E-state index contributed by atoms with van der Waals surface area (Å²) in [5.74, 6) is 0.911. The van der Waals surface area contributed by atoms with Crippen molar-refractivity contribution in [2.75, 3.05) is 0 Å². The molecule has 98 valence electrons. The van der Waals surface area contributed by atoms with Gasteiger partial charge in [0.1, 0.15) is 0 Å². The van der Waals surface area contributed by atoms with Crippen LogP contribution in [0.4, 0.5) is 0 Å². The predicted molar refractivity (Wildman–Crippen MR) is 74.1 cm³/mol. The van der Waals surface area contributed by atoms with Crippen LogP contribution >= 0.6 is 0 Å². The summed E-state index contributed by atoms with van der Waals surface area (Å²) in [5, 5.41) is 3.82. The number of rotatable bonds is 3. The number of nitrogens with one attached hydrogen (secondary N) is 1. The molecule has 2 nitrogen and oxygen atoms in total. The molecule has 2 saturated carbocycles. The third-order valence-corrected chi connectivity index (χ3v) is 5.50. The highest BCUT2D eigenvalue weighted by molar-refractivity contribution is 5.14. The van der Waals surface area contributed by atoms with Gasteiger partial charge in [-0.3, -0.25) is 4.98 Å². The molecule has 3 atom stereocenters. The first-order valence-corrected chi connectivity index (χ1v) is 7.15. The number of nitrogens with zero attached hydrogens (tertiary/aromatic N) is 1. The van der Waals surface area contributed by atoms with E-state index >= 15 is 0 Å². The van der Waals surface area contributed by atoms with Crippen LogP contribution in [0.25, 0.3) is 0 Å². The van der Waals surface area contributed by atoms with Crippen LogP contribution in [0.3, 0.4) is 0 Å². The Morgan fingerprint density at radius 1 is 1.39 bits per heavy atom. The summed E-state index contributed by atoms with van der Waals surface area (Å²) in [4.78, 5) is 4.19. The van der Waals surface area contributed by atoms with Gasteiger partial charge in [-0.2, -0.15) is 0 Å². The van der Waals surface area contributed by atoms with E-state index in [1.807, 2.05) is 18.5 Å². The van der Waals surface area contributed by atoms with Crippen molar-refractivity contribution in [3.63, 3.8) is 0 Å². The Balaban J connectivity index is 1.73. The SMILES string of the molecule is CC12CCC(C1)C(C)(C)C2NCc1cccnc1. The average molecular weight is 244 g/mol. The van der Waals surface area contributed by atoms with Gasteiger partial charge in [0.05, 0.1) is 0 Å². The molecule has 0 aromatic carbocycles. The molecule has 3 rings (SSSR count). The molecule has 2 heteroatoms. The first-order chi connectivity index (χ1) is 8.52. The first kappa shape index (κ1) is 12.2. The molecular formula is C16H24N2. The van der Waals surface area contributed by atoms with E-state index in [1.165, 1.54) is 24.8 Å². The Hall–Kier alpha value is -0.890. The molecule has 1 N–H and O–H groups in total. The molecule has 0 saturated heterocycles. The molecule has 2 bridgehead atoms. The van der Waals surface area contributed by atoms with Gasteiger partial charge >= 0.3 is 0 Å². The zero-order valence-electron chi connectivity index (χ0n) is 11.7. The van der Waals surface area contributed by atoms with E-state index in [0.717, 1.165) is 12.5 Å². The Labute approximate surface area is 110 Å². The third kappa shape index (κ3) is 1.78. The van der Waals surface area contributed by atoms with Gasteiger partial charge in [0.15, 0.2) is 0 Å². The summed E-state index contributed by atoms with van der Waals surface area (Å²) < 4.78 is 0. The lowest BCUT2D eigenvalue weighted by Gasteiger charge is -2.43. The molecular weight excluding hydrogens is 220 g/mol. The number of aromatic nitrogens is 1. The highest BCUT2D eigenvalue weighted by atomic mass is 15.0. The zero-order valence-corrected chi connectivity index (χ0v) is 11.7. The monoisotopic (exact) mass is 244 g/mol. The molecule has 0 aliphatic heterocycles. The highest BCUT2D eigenvalue weighted by Crippen LogP contribution is 2.62. The Bertz CT molecular complexity index is 421. The minimum atomic E-state index is 0.440. The normalized spacial score (nSPS) is 37.1. The standard InChI is InChI=1S/C16H24N2/c1-15(2)13-6-7-16(3,9-13)14(15)18-11-12-5-4-8-17-10-12/h4-5,8,10,13-14,18H,6-7,9,11H2,1-3H3. The zero-order chi connectivity index (χ0) is 12.8. The molecule has 1 aromatic heterocycles. The number of hydrogen-bond acceptors (Lipinski definition) is 2. The van der Waals surface area contributed by atoms with Gasteiger partial charge in [0.25, 0.3) is 0 Å². The van der Waals surface area contributed by atoms with Gasteiger partial charge in [-0.25, -0.2) is 0 Å². The van der Waals surface area contributed by atoms with Crippen molar-refractivity contribution in [2.24, 2.45) is 16.7 Å². The van der Waals surface area contributed by atoms with Crippen molar-refractivity contribution < 1.29 is 0 Å². The molecule has 0 radical (unpaired) electrons. The maximum absolute atomic E-state index is 4.19. The lowest BCUT2D eigenvalue weighted by molar-refractivity contribution is 0.108.